The van der Waals surface area contributed by atoms with Crippen molar-refractivity contribution in [3.63, 3.8) is 0 Å². The summed E-state index contributed by atoms with van der Waals surface area (Å²) in [5.74, 6) is 0.812. The van der Waals surface area contributed by atoms with Crippen molar-refractivity contribution in [2.75, 3.05) is 0 Å². The second-order valence-corrected chi connectivity index (χ2v) is 3.78. The predicted molar refractivity (Wildman–Crippen MR) is 52.7 cm³/mol. The van der Waals surface area contributed by atoms with Crippen LogP contribution in [0.4, 0.5) is 0 Å². The molecule has 0 amide bonds. The van der Waals surface area contributed by atoms with Gasteiger partial charge in [0.15, 0.2) is 0 Å². The highest BCUT2D eigenvalue weighted by atomic mass is 14.0. The van der Waals surface area contributed by atoms with Crippen LogP contribution in [0.25, 0.3) is 0 Å². The molecule has 0 fully saturated rings. The summed E-state index contributed by atoms with van der Waals surface area (Å²) in [5, 5.41) is 0. The molecule has 0 heteroatoms. The predicted octanol–water partition coefficient (Wildman–Crippen LogP) is 4.17. The Bertz CT molecular complexity index is 109. The monoisotopic (exact) mass is 154 g/mol. The average Bonchev–Trinajstić information content (AvgIpc) is 1.97. The lowest BCUT2D eigenvalue weighted by atomic mass is 10.1. The van der Waals surface area contributed by atoms with Gasteiger partial charge in [0.2, 0.25) is 0 Å². The molecule has 66 valence electrons. The van der Waals surface area contributed by atoms with Gasteiger partial charge in [0.05, 0.1) is 0 Å². The standard InChI is InChI=1S/C11H22/c1-5-6-7-11(4)9-8-10(2)3/h9-10H,5-8H2,1-4H3. The van der Waals surface area contributed by atoms with Gasteiger partial charge in [-0.05, 0) is 32.1 Å². The summed E-state index contributed by atoms with van der Waals surface area (Å²) in [4.78, 5) is 0. The van der Waals surface area contributed by atoms with Crippen molar-refractivity contribution in [3.05, 3.63) is 11.6 Å². The third-order valence-corrected chi connectivity index (χ3v) is 1.86. The fraction of sp³-hybridized carbons (Fsp3) is 0.818. The fourth-order valence-corrected chi connectivity index (χ4v) is 0.995. The molecule has 0 unspecified atom stereocenters. The molecule has 0 N–H and O–H groups in total. The summed E-state index contributed by atoms with van der Waals surface area (Å²) in [6, 6.07) is 0. The van der Waals surface area contributed by atoms with Gasteiger partial charge < -0.3 is 0 Å². The van der Waals surface area contributed by atoms with Crippen LogP contribution in [0.1, 0.15) is 53.4 Å². The lowest BCUT2D eigenvalue weighted by Crippen LogP contribution is -1.84. The van der Waals surface area contributed by atoms with Gasteiger partial charge >= 0.3 is 0 Å². The van der Waals surface area contributed by atoms with Gasteiger partial charge in [0, 0.05) is 0 Å². The minimum Gasteiger partial charge on any atom is -0.0854 e. The van der Waals surface area contributed by atoms with Crippen LogP contribution < -0.4 is 0 Å². The zero-order valence-corrected chi connectivity index (χ0v) is 8.48. The van der Waals surface area contributed by atoms with E-state index < -0.39 is 0 Å². The Morgan fingerprint density at radius 2 is 2.00 bits per heavy atom. The van der Waals surface area contributed by atoms with Crippen LogP contribution in [0.2, 0.25) is 0 Å². The van der Waals surface area contributed by atoms with Crippen LogP contribution >= 0.6 is 0 Å². The zero-order valence-electron chi connectivity index (χ0n) is 8.48. The molecule has 0 aliphatic carbocycles. The van der Waals surface area contributed by atoms with E-state index in [1.54, 1.807) is 5.57 Å². The van der Waals surface area contributed by atoms with Gasteiger partial charge in [-0.15, -0.1) is 0 Å². The Labute approximate surface area is 71.7 Å². The maximum Gasteiger partial charge on any atom is -0.0323 e. The minimum atomic E-state index is 0.812. The quantitative estimate of drug-likeness (QED) is 0.521. The molecule has 0 aromatic heterocycles. The van der Waals surface area contributed by atoms with Crippen molar-refractivity contribution in [1.29, 1.82) is 0 Å². The van der Waals surface area contributed by atoms with Crippen LogP contribution in [0.15, 0.2) is 11.6 Å². The molecule has 0 aromatic carbocycles. The molecule has 0 spiro atoms. The summed E-state index contributed by atoms with van der Waals surface area (Å²) in [5.41, 5.74) is 1.57. The molecule has 0 aliphatic heterocycles. The van der Waals surface area contributed by atoms with Crippen molar-refractivity contribution >= 4 is 0 Å². The molecule has 0 saturated heterocycles. The van der Waals surface area contributed by atoms with E-state index in [0.29, 0.717) is 0 Å². The van der Waals surface area contributed by atoms with Crippen molar-refractivity contribution < 1.29 is 0 Å². The molecular formula is C11H22. The number of hydrogen-bond acceptors (Lipinski definition) is 0. The van der Waals surface area contributed by atoms with Crippen LogP contribution in [-0.2, 0) is 0 Å². The Hall–Kier alpha value is -0.260. The van der Waals surface area contributed by atoms with E-state index in [-0.39, 0.29) is 0 Å². The molecule has 0 heterocycles. The van der Waals surface area contributed by atoms with E-state index in [0.717, 1.165) is 5.92 Å². The third kappa shape index (κ3) is 7.64. The van der Waals surface area contributed by atoms with Crippen LogP contribution in [-0.4, -0.2) is 0 Å². The van der Waals surface area contributed by atoms with E-state index >= 15 is 0 Å². The van der Waals surface area contributed by atoms with E-state index in [1.807, 2.05) is 0 Å². The maximum absolute atomic E-state index is 2.39. The lowest BCUT2D eigenvalue weighted by molar-refractivity contribution is 0.657. The highest BCUT2D eigenvalue weighted by molar-refractivity contribution is 4.97. The summed E-state index contributed by atoms with van der Waals surface area (Å²) >= 11 is 0. The van der Waals surface area contributed by atoms with Crippen molar-refractivity contribution in [2.45, 2.75) is 53.4 Å². The fourth-order valence-electron chi connectivity index (χ4n) is 0.995. The molecule has 0 aliphatic rings. The molecule has 0 radical (unpaired) electrons. The zero-order chi connectivity index (χ0) is 8.69. The second-order valence-electron chi connectivity index (χ2n) is 3.78. The molecule has 0 aromatic rings. The summed E-state index contributed by atoms with van der Waals surface area (Å²) < 4.78 is 0. The molecule has 0 saturated carbocycles. The van der Waals surface area contributed by atoms with Crippen LogP contribution in [0.5, 0.6) is 0 Å². The number of hydrogen-bond donors (Lipinski definition) is 0. The molecule has 0 rings (SSSR count). The first-order valence-corrected chi connectivity index (χ1v) is 4.82. The maximum atomic E-state index is 2.39. The lowest BCUT2D eigenvalue weighted by Gasteiger charge is -2.01. The number of rotatable bonds is 5. The molecular weight excluding hydrogens is 132 g/mol. The first-order valence-electron chi connectivity index (χ1n) is 4.82. The second kappa shape index (κ2) is 6.45. The molecule has 0 bridgehead atoms. The van der Waals surface area contributed by atoms with Gasteiger partial charge in [-0.3, -0.25) is 0 Å². The summed E-state index contributed by atoms with van der Waals surface area (Å²) in [7, 11) is 0. The summed E-state index contributed by atoms with van der Waals surface area (Å²) in [6.45, 7) is 9.03. The smallest absolute Gasteiger partial charge is 0.0323 e. The normalized spacial score (nSPS) is 12.6. The Morgan fingerprint density at radius 3 is 2.45 bits per heavy atom. The van der Waals surface area contributed by atoms with Gasteiger partial charge in [-0.1, -0.05) is 38.8 Å². The summed E-state index contributed by atoms with van der Waals surface area (Å²) in [6.07, 6.45) is 7.59. The Kier molecular flexibility index (Phi) is 6.30. The number of allylic oxidation sites excluding steroid dienone is 2. The number of unbranched alkanes of at least 4 members (excludes halogenated alkanes) is 1. The van der Waals surface area contributed by atoms with Crippen molar-refractivity contribution in [2.24, 2.45) is 5.92 Å². The van der Waals surface area contributed by atoms with Crippen LogP contribution in [0, 0.1) is 5.92 Å². The first kappa shape index (κ1) is 10.7. The minimum absolute atomic E-state index is 0.812. The first-order chi connectivity index (χ1) is 5.16. The molecule has 0 atom stereocenters. The molecule has 0 nitrogen and oxygen atoms in total. The van der Waals surface area contributed by atoms with E-state index in [2.05, 4.69) is 33.8 Å². The SMILES string of the molecule is CCCCC(C)=CCC(C)C. The van der Waals surface area contributed by atoms with E-state index in [9.17, 15) is 0 Å². The van der Waals surface area contributed by atoms with Crippen LogP contribution in [0.3, 0.4) is 0 Å². The van der Waals surface area contributed by atoms with Gasteiger partial charge in [-0.2, -0.15) is 0 Å². The largest absolute Gasteiger partial charge is 0.0854 e. The third-order valence-electron chi connectivity index (χ3n) is 1.86. The van der Waals surface area contributed by atoms with E-state index in [1.165, 1.54) is 25.7 Å². The van der Waals surface area contributed by atoms with Crippen molar-refractivity contribution in [3.8, 4) is 0 Å². The van der Waals surface area contributed by atoms with Crippen molar-refractivity contribution in [1.82, 2.24) is 0 Å². The van der Waals surface area contributed by atoms with Gasteiger partial charge in [-0.25, -0.2) is 0 Å². The average molecular weight is 154 g/mol. The van der Waals surface area contributed by atoms with E-state index in [4.69, 9.17) is 0 Å². The highest BCUT2D eigenvalue weighted by Gasteiger charge is 1.91. The van der Waals surface area contributed by atoms with Gasteiger partial charge in [0.25, 0.3) is 0 Å². The Morgan fingerprint density at radius 1 is 1.36 bits per heavy atom. The highest BCUT2D eigenvalue weighted by Crippen LogP contribution is 2.09. The topological polar surface area (TPSA) is 0 Å². The van der Waals surface area contributed by atoms with Gasteiger partial charge in [0.1, 0.15) is 0 Å². The molecule has 11 heavy (non-hydrogen) atoms. The Balaban J connectivity index is 3.46.